The number of nitrogens with one attached hydrogen (secondary N) is 1. The van der Waals surface area contributed by atoms with E-state index in [9.17, 15) is 9.59 Å². The Morgan fingerprint density at radius 2 is 2.47 bits per heavy atom. The normalized spacial score (nSPS) is 19.2. The Bertz CT molecular complexity index is 421. The van der Waals surface area contributed by atoms with Crippen molar-refractivity contribution in [2.75, 3.05) is 13.1 Å². The van der Waals surface area contributed by atoms with Crippen LogP contribution in [-0.4, -0.2) is 40.1 Å². The molecule has 2 amide bonds. The van der Waals surface area contributed by atoms with Gasteiger partial charge in [-0.3, -0.25) is 9.78 Å². The first-order valence-electron chi connectivity index (χ1n) is 5.34. The molecule has 2 rings (SSSR count). The van der Waals surface area contributed by atoms with E-state index in [4.69, 9.17) is 5.11 Å². The van der Waals surface area contributed by atoms with Crippen LogP contribution in [0.4, 0.5) is 4.79 Å². The van der Waals surface area contributed by atoms with Crippen molar-refractivity contribution in [1.82, 2.24) is 15.2 Å². The van der Waals surface area contributed by atoms with Gasteiger partial charge in [-0.25, -0.2) is 4.79 Å². The van der Waals surface area contributed by atoms with Crippen LogP contribution in [0.3, 0.4) is 0 Å². The van der Waals surface area contributed by atoms with E-state index >= 15 is 0 Å². The Kier molecular flexibility index (Phi) is 3.22. The zero-order chi connectivity index (χ0) is 12.3. The lowest BCUT2D eigenvalue weighted by Crippen LogP contribution is -2.30. The fraction of sp³-hybridized carbons (Fsp3) is 0.364. The fourth-order valence-electron chi connectivity index (χ4n) is 1.78. The maximum absolute atomic E-state index is 11.6. The van der Waals surface area contributed by atoms with Crippen molar-refractivity contribution in [3.63, 3.8) is 0 Å². The third kappa shape index (κ3) is 2.72. The molecule has 1 atom stereocenters. The average molecular weight is 235 g/mol. The number of hydrogen-bond donors (Lipinski definition) is 2. The van der Waals surface area contributed by atoms with Gasteiger partial charge in [-0.1, -0.05) is 6.07 Å². The summed E-state index contributed by atoms with van der Waals surface area (Å²) in [4.78, 5) is 27.5. The van der Waals surface area contributed by atoms with Gasteiger partial charge in [-0.15, -0.1) is 0 Å². The molecule has 0 aromatic carbocycles. The summed E-state index contributed by atoms with van der Waals surface area (Å²) in [5, 5.41) is 11.4. The van der Waals surface area contributed by atoms with Gasteiger partial charge >= 0.3 is 12.0 Å². The molecule has 0 spiro atoms. The van der Waals surface area contributed by atoms with E-state index in [2.05, 4.69) is 10.3 Å². The highest BCUT2D eigenvalue weighted by Crippen LogP contribution is 2.19. The molecule has 2 heterocycles. The van der Waals surface area contributed by atoms with Crippen LogP contribution in [0, 0.1) is 0 Å². The van der Waals surface area contributed by atoms with Crippen LogP contribution in [0.1, 0.15) is 18.0 Å². The number of carboxylic acids is 1. The highest BCUT2D eigenvalue weighted by Gasteiger charge is 2.29. The second-order valence-corrected chi connectivity index (χ2v) is 3.88. The second kappa shape index (κ2) is 4.82. The van der Waals surface area contributed by atoms with E-state index in [-0.39, 0.29) is 25.0 Å². The molecule has 1 fully saturated rings. The third-order valence-electron chi connectivity index (χ3n) is 2.67. The largest absolute Gasteiger partial charge is 0.481 e. The summed E-state index contributed by atoms with van der Waals surface area (Å²) in [7, 11) is 0. The Balaban J connectivity index is 1.97. The number of nitrogens with zero attached hydrogens (tertiary/aromatic N) is 2. The van der Waals surface area contributed by atoms with Crippen LogP contribution in [0.25, 0.3) is 0 Å². The van der Waals surface area contributed by atoms with Crippen molar-refractivity contribution in [3.8, 4) is 0 Å². The lowest BCUT2D eigenvalue weighted by atomic mass is 10.1. The molecule has 90 valence electrons. The molecule has 0 saturated carbocycles. The summed E-state index contributed by atoms with van der Waals surface area (Å²) in [5.74, 6) is -0.900. The Morgan fingerprint density at radius 1 is 1.65 bits per heavy atom. The monoisotopic (exact) mass is 235 g/mol. The molecular formula is C11H13N3O3. The minimum Gasteiger partial charge on any atom is -0.481 e. The fourth-order valence-corrected chi connectivity index (χ4v) is 1.78. The number of hydrogen-bond acceptors (Lipinski definition) is 3. The van der Waals surface area contributed by atoms with Gasteiger partial charge in [0.25, 0.3) is 0 Å². The van der Waals surface area contributed by atoms with E-state index in [0.29, 0.717) is 6.54 Å². The van der Waals surface area contributed by atoms with Crippen molar-refractivity contribution >= 4 is 12.0 Å². The first-order valence-corrected chi connectivity index (χ1v) is 5.34. The molecule has 1 saturated heterocycles. The van der Waals surface area contributed by atoms with Gasteiger partial charge in [0.2, 0.25) is 0 Å². The van der Waals surface area contributed by atoms with Gasteiger partial charge in [0.15, 0.2) is 0 Å². The first-order chi connectivity index (χ1) is 8.16. The van der Waals surface area contributed by atoms with Crippen LogP contribution in [0.2, 0.25) is 0 Å². The Hall–Kier alpha value is -2.11. The zero-order valence-electron chi connectivity index (χ0n) is 9.17. The van der Waals surface area contributed by atoms with Crippen molar-refractivity contribution in [3.05, 3.63) is 30.1 Å². The number of urea groups is 1. The summed E-state index contributed by atoms with van der Waals surface area (Å²) in [6, 6.07) is 3.37. The molecule has 6 nitrogen and oxygen atoms in total. The van der Waals surface area contributed by atoms with Gasteiger partial charge in [0, 0.05) is 25.5 Å². The van der Waals surface area contributed by atoms with Gasteiger partial charge in [0.05, 0.1) is 12.5 Å². The van der Waals surface area contributed by atoms with Crippen LogP contribution in [-0.2, 0) is 4.79 Å². The van der Waals surface area contributed by atoms with Crippen molar-refractivity contribution in [1.29, 1.82) is 0 Å². The maximum Gasteiger partial charge on any atom is 0.318 e. The number of carboxylic acid groups (broad SMARTS) is 1. The SMILES string of the molecule is O=C(O)CCN1CC(c2cccnc2)NC1=O. The number of aromatic nitrogens is 1. The second-order valence-electron chi connectivity index (χ2n) is 3.88. The molecule has 17 heavy (non-hydrogen) atoms. The van der Waals surface area contributed by atoms with E-state index in [0.717, 1.165) is 5.56 Å². The molecule has 6 heteroatoms. The smallest absolute Gasteiger partial charge is 0.318 e. The number of aliphatic carboxylic acids is 1. The molecule has 1 aliphatic rings. The minimum absolute atomic E-state index is 0.0345. The number of pyridine rings is 1. The lowest BCUT2D eigenvalue weighted by molar-refractivity contribution is -0.137. The highest BCUT2D eigenvalue weighted by molar-refractivity contribution is 5.78. The Labute approximate surface area is 98.3 Å². The number of carbonyl (C=O) groups excluding carboxylic acids is 1. The summed E-state index contributed by atoms with van der Waals surface area (Å²) in [6.07, 6.45) is 3.33. The minimum atomic E-state index is -0.900. The third-order valence-corrected chi connectivity index (χ3v) is 2.67. The maximum atomic E-state index is 11.6. The number of rotatable bonds is 4. The summed E-state index contributed by atoms with van der Waals surface area (Å²) in [6.45, 7) is 0.718. The topological polar surface area (TPSA) is 82.5 Å². The van der Waals surface area contributed by atoms with Crippen molar-refractivity contribution < 1.29 is 14.7 Å². The molecule has 1 unspecified atom stereocenters. The first kappa shape index (κ1) is 11.4. The quantitative estimate of drug-likeness (QED) is 0.801. The molecule has 1 aromatic heterocycles. The molecule has 0 aliphatic carbocycles. The van der Waals surface area contributed by atoms with Crippen LogP contribution in [0.15, 0.2) is 24.5 Å². The molecule has 0 bridgehead atoms. The van der Waals surface area contributed by atoms with Gasteiger partial charge in [-0.05, 0) is 11.6 Å². The number of amides is 2. The van der Waals surface area contributed by atoms with Crippen molar-refractivity contribution in [2.24, 2.45) is 0 Å². The highest BCUT2D eigenvalue weighted by atomic mass is 16.4. The van der Waals surface area contributed by atoms with E-state index in [1.54, 1.807) is 18.5 Å². The lowest BCUT2D eigenvalue weighted by Gasteiger charge is -2.12. The number of carbonyl (C=O) groups is 2. The summed E-state index contributed by atoms with van der Waals surface area (Å²) < 4.78 is 0. The van der Waals surface area contributed by atoms with E-state index in [1.165, 1.54) is 4.90 Å². The molecule has 1 aliphatic heterocycles. The predicted octanol–water partition coefficient (Wildman–Crippen LogP) is 0.623. The Morgan fingerprint density at radius 3 is 3.12 bits per heavy atom. The molecular weight excluding hydrogens is 222 g/mol. The van der Waals surface area contributed by atoms with Gasteiger partial charge < -0.3 is 15.3 Å². The zero-order valence-corrected chi connectivity index (χ0v) is 9.17. The van der Waals surface area contributed by atoms with Crippen LogP contribution >= 0.6 is 0 Å². The summed E-state index contributed by atoms with van der Waals surface area (Å²) in [5.41, 5.74) is 0.929. The van der Waals surface area contributed by atoms with E-state index in [1.807, 2.05) is 6.07 Å². The predicted molar refractivity (Wildman–Crippen MR) is 59.3 cm³/mol. The van der Waals surface area contributed by atoms with E-state index < -0.39 is 5.97 Å². The molecule has 1 aromatic rings. The molecule has 2 N–H and O–H groups in total. The van der Waals surface area contributed by atoms with Crippen LogP contribution in [0.5, 0.6) is 0 Å². The van der Waals surface area contributed by atoms with Gasteiger partial charge in [0.1, 0.15) is 0 Å². The molecule has 0 radical (unpaired) electrons. The standard InChI is InChI=1S/C11H13N3O3/c15-10(16)3-5-14-7-9(13-11(14)17)8-2-1-4-12-6-8/h1-2,4,6,9H,3,5,7H2,(H,13,17)(H,15,16). The average Bonchev–Trinajstić information content (AvgIpc) is 2.69. The summed E-state index contributed by atoms with van der Waals surface area (Å²) >= 11 is 0. The van der Waals surface area contributed by atoms with Crippen molar-refractivity contribution in [2.45, 2.75) is 12.5 Å². The van der Waals surface area contributed by atoms with Gasteiger partial charge in [-0.2, -0.15) is 0 Å². The van der Waals surface area contributed by atoms with Crippen LogP contribution < -0.4 is 5.32 Å².